The summed E-state index contributed by atoms with van der Waals surface area (Å²) in [6.45, 7) is 9.76. The number of thiazole rings is 1. The molecule has 0 aliphatic carbocycles. The van der Waals surface area contributed by atoms with E-state index in [4.69, 9.17) is 0 Å². The molecule has 116 valence electrons. The van der Waals surface area contributed by atoms with Gasteiger partial charge in [0.25, 0.3) is 0 Å². The topological polar surface area (TPSA) is 62.3 Å². The number of nitrogens with zero attached hydrogens (tertiary/aromatic N) is 2. The van der Waals surface area contributed by atoms with E-state index in [-0.39, 0.29) is 11.8 Å². The number of aryl methyl sites for hydroxylation is 1. The Hall–Kier alpha value is -1.43. The number of rotatable bonds is 4. The molecule has 1 aliphatic rings. The zero-order chi connectivity index (χ0) is 15.8. The average molecular weight is 309 g/mol. The van der Waals surface area contributed by atoms with Crippen LogP contribution >= 0.6 is 11.3 Å². The zero-order valence-corrected chi connectivity index (χ0v) is 14.1. The number of carbonyl (C=O) groups is 2. The van der Waals surface area contributed by atoms with Crippen LogP contribution in [0.1, 0.15) is 51.2 Å². The molecule has 0 atom stereocenters. The molecule has 1 aromatic rings. The van der Waals surface area contributed by atoms with Gasteiger partial charge in [0, 0.05) is 11.1 Å². The third-order valence-corrected chi connectivity index (χ3v) is 5.36. The van der Waals surface area contributed by atoms with Gasteiger partial charge in [0.1, 0.15) is 16.1 Å². The summed E-state index contributed by atoms with van der Waals surface area (Å²) in [6.07, 6.45) is 1.19. The van der Waals surface area contributed by atoms with Crippen molar-refractivity contribution >= 4 is 23.2 Å². The van der Waals surface area contributed by atoms with Crippen LogP contribution in [-0.4, -0.2) is 32.8 Å². The van der Waals surface area contributed by atoms with Crippen molar-refractivity contribution in [1.82, 2.24) is 15.2 Å². The second kappa shape index (κ2) is 5.40. The first-order valence-corrected chi connectivity index (χ1v) is 8.20. The molecular weight excluding hydrogens is 286 g/mol. The van der Waals surface area contributed by atoms with Crippen molar-refractivity contribution in [3.05, 3.63) is 16.1 Å². The molecular formula is C15H23N3O2S. The quantitative estimate of drug-likeness (QED) is 0.928. The second-order valence-electron chi connectivity index (χ2n) is 6.08. The molecule has 21 heavy (non-hydrogen) atoms. The first-order chi connectivity index (χ1) is 9.76. The highest BCUT2D eigenvalue weighted by Gasteiger charge is 2.52. The van der Waals surface area contributed by atoms with Crippen LogP contribution in [0.5, 0.6) is 0 Å². The van der Waals surface area contributed by atoms with Gasteiger partial charge in [0.05, 0.1) is 6.54 Å². The highest BCUT2D eigenvalue weighted by Crippen LogP contribution is 2.32. The lowest BCUT2D eigenvalue weighted by atomic mass is 9.83. The fourth-order valence-corrected chi connectivity index (χ4v) is 3.43. The molecule has 1 saturated heterocycles. The first kappa shape index (κ1) is 15.9. The van der Waals surface area contributed by atoms with Crippen molar-refractivity contribution < 1.29 is 9.59 Å². The molecule has 0 spiro atoms. The van der Waals surface area contributed by atoms with Crippen LogP contribution in [0.3, 0.4) is 0 Å². The number of hydrogen-bond donors (Lipinski definition) is 1. The first-order valence-electron chi connectivity index (χ1n) is 7.32. The monoisotopic (exact) mass is 309 g/mol. The van der Waals surface area contributed by atoms with Crippen molar-refractivity contribution in [3.8, 4) is 0 Å². The Labute approximate surface area is 129 Å². The summed E-state index contributed by atoms with van der Waals surface area (Å²) in [5, 5.41) is 5.77. The van der Waals surface area contributed by atoms with Gasteiger partial charge in [-0.1, -0.05) is 13.8 Å². The lowest BCUT2D eigenvalue weighted by Gasteiger charge is -2.49. The predicted octanol–water partition coefficient (Wildman–Crippen LogP) is 2.25. The average Bonchev–Trinajstić information content (AvgIpc) is 2.85. The van der Waals surface area contributed by atoms with Gasteiger partial charge in [-0.3, -0.25) is 9.59 Å². The third-order valence-electron chi connectivity index (χ3n) is 4.40. The molecule has 1 aromatic heterocycles. The fourth-order valence-electron chi connectivity index (χ4n) is 2.67. The van der Waals surface area contributed by atoms with Crippen LogP contribution in [0.4, 0.5) is 0 Å². The summed E-state index contributed by atoms with van der Waals surface area (Å²) >= 11 is 1.53. The Kier molecular flexibility index (Phi) is 4.10. The minimum atomic E-state index is -0.857. The predicted molar refractivity (Wildman–Crippen MR) is 82.9 cm³/mol. The van der Waals surface area contributed by atoms with Crippen molar-refractivity contribution in [3.63, 3.8) is 0 Å². The minimum absolute atomic E-state index is 0.00930. The highest BCUT2D eigenvalue weighted by molar-refractivity contribution is 7.09. The van der Waals surface area contributed by atoms with E-state index >= 15 is 0 Å². The maximum atomic E-state index is 13.0. The van der Waals surface area contributed by atoms with Crippen molar-refractivity contribution in [2.45, 2.75) is 65.1 Å². The van der Waals surface area contributed by atoms with Crippen LogP contribution in [-0.2, 0) is 16.1 Å². The maximum absolute atomic E-state index is 13.0. The summed E-state index contributed by atoms with van der Waals surface area (Å²) < 4.78 is 0. The lowest BCUT2D eigenvalue weighted by Crippen LogP contribution is -2.73. The van der Waals surface area contributed by atoms with E-state index in [1.165, 1.54) is 11.3 Å². The van der Waals surface area contributed by atoms with E-state index in [1.54, 1.807) is 18.7 Å². The molecule has 1 N–H and O–H groups in total. The number of carbonyl (C=O) groups excluding carboxylic acids is 2. The summed E-state index contributed by atoms with van der Waals surface area (Å²) in [6, 6.07) is 0. The molecule has 0 unspecified atom stereocenters. The van der Waals surface area contributed by atoms with Crippen LogP contribution < -0.4 is 5.32 Å². The summed E-state index contributed by atoms with van der Waals surface area (Å²) in [7, 11) is 0. The van der Waals surface area contributed by atoms with E-state index in [9.17, 15) is 9.59 Å². The van der Waals surface area contributed by atoms with Gasteiger partial charge in [0.2, 0.25) is 11.8 Å². The summed E-state index contributed by atoms with van der Waals surface area (Å²) in [5.41, 5.74) is -0.692. The standard InChI is InChI=1S/C15H23N3O2S/c1-6-15(7-2)13(20)18(14(4,5)12(19)17-15)8-11-16-10(3)9-21-11/h9H,6-8H2,1-5H3,(H,17,19). The van der Waals surface area contributed by atoms with Crippen molar-refractivity contribution in [1.29, 1.82) is 0 Å². The molecule has 2 rings (SSSR count). The third kappa shape index (κ3) is 2.57. The molecule has 0 radical (unpaired) electrons. The summed E-state index contributed by atoms with van der Waals surface area (Å²) in [5.74, 6) is -0.107. The molecule has 6 heteroatoms. The number of aromatic nitrogens is 1. The molecule has 2 heterocycles. The van der Waals surface area contributed by atoms with Crippen LogP contribution in [0.25, 0.3) is 0 Å². The number of nitrogens with one attached hydrogen (secondary N) is 1. The largest absolute Gasteiger partial charge is 0.340 e. The van der Waals surface area contributed by atoms with Crippen molar-refractivity contribution in [2.24, 2.45) is 0 Å². The number of piperazine rings is 1. The smallest absolute Gasteiger partial charge is 0.249 e. The molecule has 5 nitrogen and oxygen atoms in total. The van der Waals surface area contributed by atoms with Gasteiger partial charge in [-0.2, -0.15) is 0 Å². The minimum Gasteiger partial charge on any atom is -0.340 e. The maximum Gasteiger partial charge on any atom is 0.249 e. The van der Waals surface area contributed by atoms with Gasteiger partial charge in [0.15, 0.2) is 0 Å². The normalized spacial score (nSPS) is 20.5. The lowest BCUT2D eigenvalue weighted by molar-refractivity contribution is -0.162. The van der Waals surface area contributed by atoms with Crippen LogP contribution in [0, 0.1) is 6.92 Å². The molecule has 0 saturated carbocycles. The Balaban J connectivity index is 2.38. The van der Waals surface area contributed by atoms with Gasteiger partial charge < -0.3 is 10.2 Å². The van der Waals surface area contributed by atoms with Gasteiger partial charge in [-0.15, -0.1) is 11.3 Å². The van der Waals surface area contributed by atoms with Crippen LogP contribution in [0.2, 0.25) is 0 Å². The van der Waals surface area contributed by atoms with Crippen molar-refractivity contribution in [2.75, 3.05) is 0 Å². The van der Waals surface area contributed by atoms with Gasteiger partial charge in [-0.05, 0) is 33.6 Å². The SMILES string of the molecule is CCC1(CC)NC(=O)C(C)(C)N(Cc2nc(C)cs2)C1=O. The van der Waals surface area contributed by atoms with E-state index in [0.717, 1.165) is 10.7 Å². The molecule has 0 aromatic carbocycles. The Morgan fingerprint density at radius 2 is 1.90 bits per heavy atom. The highest BCUT2D eigenvalue weighted by atomic mass is 32.1. The Morgan fingerprint density at radius 3 is 2.38 bits per heavy atom. The molecule has 2 amide bonds. The molecule has 1 aliphatic heterocycles. The fraction of sp³-hybridized carbons (Fsp3) is 0.667. The van der Waals surface area contributed by atoms with E-state index in [1.807, 2.05) is 26.2 Å². The molecule has 0 bridgehead atoms. The van der Waals surface area contributed by atoms with E-state index in [2.05, 4.69) is 10.3 Å². The second-order valence-corrected chi connectivity index (χ2v) is 7.02. The zero-order valence-electron chi connectivity index (χ0n) is 13.3. The number of hydrogen-bond acceptors (Lipinski definition) is 4. The number of amides is 2. The van der Waals surface area contributed by atoms with Gasteiger partial charge in [-0.25, -0.2) is 4.98 Å². The van der Waals surface area contributed by atoms with Crippen LogP contribution in [0.15, 0.2) is 5.38 Å². The Morgan fingerprint density at radius 1 is 1.29 bits per heavy atom. The molecule has 1 fully saturated rings. The summed E-state index contributed by atoms with van der Waals surface area (Å²) in [4.78, 5) is 31.5. The Bertz CT molecular complexity index is 561. The van der Waals surface area contributed by atoms with E-state index < -0.39 is 11.1 Å². The van der Waals surface area contributed by atoms with E-state index in [0.29, 0.717) is 19.4 Å². The van der Waals surface area contributed by atoms with Gasteiger partial charge >= 0.3 is 0 Å².